The van der Waals surface area contributed by atoms with Crippen molar-refractivity contribution in [3.05, 3.63) is 57.6 Å². The van der Waals surface area contributed by atoms with Crippen LogP contribution in [0.4, 0.5) is 5.69 Å². The molecular weight excluding hydrogens is 423 g/mol. The van der Waals surface area contributed by atoms with Gasteiger partial charge < -0.3 is 15.2 Å². The number of carbonyl (C=O) groups excluding carboxylic acids is 1. The number of ether oxygens (including phenoxy) is 1. The molecule has 0 aliphatic rings. The molecule has 0 aliphatic carbocycles. The van der Waals surface area contributed by atoms with Crippen molar-refractivity contribution in [3.63, 3.8) is 0 Å². The number of carbonyl (C=O) groups is 2. The molecule has 2 aromatic carbocycles. The zero-order valence-electron chi connectivity index (χ0n) is 14.9. The van der Waals surface area contributed by atoms with Gasteiger partial charge in [-0.3, -0.25) is 10.1 Å². The molecule has 0 saturated heterocycles. The lowest BCUT2D eigenvalue weighted by atomic mass is 10.2. The predicted octanol–water partition coefficient (Wildman–Crippen LogP) is 5.00. The summed E-state index contributed by atoms with van der Waals surface area (Å²) in [5.74, 6) is -0.900. The molecule has 0 radical (unpaired) electrons. The number of hydrogen-bond acceptors (Lipinski definition) is 4. The monoisotopic (exact) mass is 440 g/mol. The number of carboxylic acids is 1. The van der Waals surface area contributed by atoms with Gasteiger partial charge in [0.05, 0.1) is 27.9 Å². The highest BCUT2D eigenvalue weighted by atomic mass is 35.5. The normalized spacial score (nSPS) is 10.2. The lowest BCUT2D eigenvalue weighted by Gasteiger charge is -2.13. The number of benzene rings is 2. The summed E-state index contributed by atoms with van der Waals surface area (Å²) >= 11 is 17.2. The summed E-state index contributed by atoms with van der Waals surface area (Å²) in [5, 5.41) is 14.3. The Morgan fingerprint density at radius 1 is 1.11 bits per heavy atom. The summed E-state index contributed by atoms with van der Waals surface area (Å²) in [6.07, 6.45) is 2.00. The van der Waals surface area contributed by atoms with Gasteiger partial charge in [-0.2, -0.15) is 0 Å². The summed E-state index contributed by atoms with van der Waals surface area (Å²) in [6, 6.07) is 9.14. The van der Waals surface area contributed by atoms with E-state index in [0.717, 1.165) is 12.8 Å². The van der Waals surface area contributed by atoms with Gasteiger partial charge in [0.1, 0.15) is 5.75 Å². The molecule has 0 atom stereocenters. The quantitative estimate of drug-likeness (QED) is 0.414. The van der Waals surface area contributed by atoms with E-state index in [2.05, 4.69) is 17.6 Å². The Balaban J connectivity index is 1.99. The molecule has 0 spiro atoms. The Kier molecular flexibility index (Phi) is 8.04. The SMILES string of the molecule is CCCCOc1ccc(C(=O)NC(=S)Nc2c(Cl)cc(C(=O)O)cc2Cl)cc1. The molecule has 1 amide bonds. The highest BCUT2D eigenvalue weighted by molar-refractivity contribution is 7.80. The fourth-order valence-electron chi connectivity index (χ4n) is 2.17. The smallest absolute Gasteiger partial charge is 0.335 e. The number of rotatable bonds is 7. The van der Waals surface area contributed by atoms with Crippen LogP contribution in [0.15, 0.2) is 36.4 Å². The van der Waals surface area contributed by atoms with Crippen LogP contribution in [0.25, 0.3) is 0 Å². The van der Waals surface area contributed by atoms with Crippen LogP contribution in [0.2, 0.25) is 10.0 Å². The first-order valence-corrected chi connectivity index (χ1v) is 9.55. The largest absolute Gasteiger partial charge is 0.494 e. The van der Waals surface area contributed by atoms with E-state index < -0.39 is 11.9 Å². The second-order valence-corrected chi connectivity index (χ2v) is 6.98. The Morgan fingerprint density at radius 3 is 2.25 bits per heavy atom. The molecule has 0 aromatic heterocycles. The van der Waals surface area contributed by atoms with Crippen LogP contribution in [-0.4, -0.2) is 28.7 Å². The van der Waals surface area contributed by atoms with Gasteiger partial charge in [0.2, 0.25) is 0 Å². The molecule has 0 saturated carbocycles. The highest BCUT2D eigenvalue weighted by Gasteiger charge is 2.15. The molecule has 2 aromatic rings. The van der Waals surface area contributed by atoms with E-state index in [-0.39, 0.29) is 26.4 Å². The van der Waals surface area contributed by atoms with Crippen molar-refractivity contribution in [2.24, 2.45) is 0 Å². The van der Waals surface area contributed by atoms with Gasteiger partial charge in [-0.15, -0.1) is 0 Å². The van der Waals surface area contributed by atoms with E-state index in [1.54, 1.807) is 24.3 Å². The number of nitrogens with one attached hydrogen (secondary N) is 2. The van der Waals surface area contributed by atoms with Crippen molar-refractivity contribution < 1.29 is 19.4 Å². The van der Waals surface area contributed by atoms with Crippen LogP contribution < -0.4 is 15.4 Å². The van der Waals surface area contributed by atoms with Crippen molar-refractivity contribution in [2.75, 3.05) is 11.9 Å². The number of carboxylic acid groups (broad SMARTS) is 1. The molecular formula is C19H18Cl2N2O4S. The van der Waals surface area contributed by atoms with Crippen molar-refractivity contribution >= 4 is 58.1 Å². The van der Waals surface area contributed by atoms with Gasteiger partial charge in [0, 0.05) is 5.56 Å². The van der Waals surface area contributed by atoms with E-state index in [4.69, 9.17) is 45.3 Å². The minimum Gasteiger partial charge on any atom is -0.494 e. The molecule has 6 nitrogen and oxygen atoms in total. The molecule has 0 unspecified atom stereocenters. The lowest BCUT2D eigenvalue weighted by Crippen LogP contribution is -2.34. The van der Waals surface area contributed by atoms with Gasteiger partial charge >= 0.3 is 5.97 Å². The first-order chi connectivity index (χ1) is 13.3. The number of thiocarbonyl (C=S) groups is 1. The van der Waals surface area contributed by atoms with Crippen LogP contribution in [-0.2, 0) is 0 Å². The average Bonchev–Trinajstić information content (AvgIpc) is 2.65. The summed E-state index contributed by atoms with van der Waals surface area (Å²) in [4.78, 5) is 23.3. The molecule has 0 aliphatic heterocycles. The third-order valence-corrected chi connectivity index (χ3v) is 4.44. The van der Waals surface area contributed by atoms with Crippen LogP contribution in [0, 0.1) is 0 Å². The zero-order valence-corrected chi connectivity index (χ0v) is 17.2. The van der Waals surface area contributed by atoms with E-state index in [1.165, 1.54) is 12.1 Å². The molecule has 3 N–H and O–H groups in total. The Bertz CT molecular complexity index is 865. The number of hydrogen-bond donors (Lipinski definition) is 3. The van der Waals surface area contributed by atoms with Gasteiger partial charge in [0.15, 0.2) is 5.11 Å². The van der Waals surface area contributed by atoms with Crippen molar-refractivity contribution in [3.8, 4) is 5.75 Å². The Morgan fingerprint density at radius 2 is 1.71 bits per heavy atom. The van der Waals surface area contributed by atoms with Gasteiger partial charge in [-0.25, -0.2) is 4.79 Å². The molecule has 0 fully saturated rings. The highest BCUT2D eigenvalue weighted by Crippen LogP contribution is 2.31. The van der Waals surface area contributed by atoms with Crippen molar-refractivity contribution in [2.45, 2.75) is 19.8 Å². The molecule has 0 heterocycles. The molecule has 0 bridgehead atoms. The molecule has 28 heavy (non-hydrogen) atoms. The zero-order chi connectivity index (χ0) is 20.7. The van der Waals surface area contributed by atoms with Crippen LogP contribution in [0.3, 0.4) is 0 Å². The second kappa shape index (κ2) is 10.3. The standard InChI is InChI=1S/C19H18Cl2N2O4S/c1-2-3-8-27-13-6-4-11(5-7-13)17(24)23-19(28)22-16-14(20)9-12(18(25)26)10-15(16)21/h4-7,9-10H,2-3,8H2,1H3,(H,25,26)(H2,22,23,24,28). The van der Waals surface area contributed by atoms with Gasteiger partial charge in [-0.05, 0) is 55.0 Å². The maximum Gasteiger partial charge on any atom is 0.335 e. The van der Waals surface area contributed by atoms with Crippen LogP contribution in [0.1, 0.15) is 40.5 Å². The number of amides is 1. The summed E-state index contributed by atoms with van der Waals surface area (Å²) < 4.78 is 5.55. The topological polar surface area (TPSA) is 87.7 Å². The Hall–Kier alpha value is -2.35. The predicted molar refractivity (Wildman–Crippen MR) is 114 cm³/mol. The van der Waals surface area contributed by atoms with E-state index in [0.29, 0.717) is 17.9 Å². The van der Waals surface area contributed by atoms with E-state index >= 15 is 0 Å². The maximum absolute atomic E-state index is 12.3. The third kappa shape index (κ3) is 6.09. The van der Waals surface area contributed by atoms with Gasteiger partial charge in [-0.1, -0.05) is 36.5 Å². The third-order valence-electron chi connectivity index (χ3n) is 3.64. The van der Waals surface area contributed by atoms with Crippen LogP contribution in [0.5, 0.6) is 5.75 Å². The Labute approximate surface area is 177 Å². The van der Waals surface area contributed by atoms with Crippen LogP contribution >= 0.6 is 35.4 Å². The summed E-state index contributed by atoms with van der Waals surface area (Å²) in [5.41, 5.74) is 0.542. The molecule has 9 heteroatoms. The van der Waals surface area contributed by atoms with Crippen molar-refractivity contribution in [1.29, 1.82) is 0 Å². The fourth-order valence-corrected chi connectivity index (χ4v) is 2.95. The first-order valence-electron chi connectivity index (χ1n) is 8.39. The van der Waals surface area contributed by atoms with Gasteiger partial charge in [0.25, 0.3) is 5.91 Å². The minimum atomic E-state index is -1.16. The number of aromatic carboxylic acids is 1. The number of anilines is 1. The second-order valence-electron chi connectivity index (χ2n) is 5.75. The van der Waals surface area contributed by atoms with E-state index in [1.807, 2.05) is 0 Å². The van der Waals surface area contributed by atoms with E-state index in [9.17, 15) is 9.59 Å². The maximum atomic E-state index is 12.3. The average molecular weight is 441 g/mol. The minimum absolute atomic E-state index is 0.0276. The molecule has 148 valence electrons. The number of unbranched alkanes of at least 4 members (excludes halogenated alkanes) is 1. The fraction of sp³-hybridized carbons (Fsp3) is 0.211. The summed E-state index contributed by atoms with van der Waals surface area (Å²) in [7, 11) is 0. The first kappa shape index (κ1) is 21.9. The number of halogens is 2. The molecule has 2 rings (SSSR count). The van der Waals surface area contributed by atoms with Crippen molar-refractivity contribution in [1.82, 2.24) is 5.32 Å². The lowest BCUT2D eigenvalue weighted by molar-refractivity contribution is 0.0696. The summed E-state index contributed by atoms with van der Waals surface area (Å²) in [6.45, 7) is 2.70.